The van der Waals surface area contributed by atoms with Gasteiger partial charge in [0.25, 0.3) is 0 Å². The minimum Gasteiger partial charge on any atom is -0.311 e. The molecule has 0 unspecified atom stereocenters. The van der Waals surface area contributed by atoms with E-state index in [1.807, 2.05) is 12.2 Å². The Morgan fingerprint density at radius 1 is 0.368 bits per heavy atom. The zero-order valence-electron chi connectivity index (χ0n) is 31.7. The third-order valence-corrected chi connectivity index (χ3v) is 10.8. The molecule has 0 N–H and O–H groups in total. The highest BCUT2D eigenvalue weighted by molar-refractivity contribution is 6.14. The van der Waals surface area contributed by atoms with Crippen molar-refractivity contribution in [2.75, 3.05) is 4.90 Å². The van der Waals surface area contributed by atoms with Crippen molar-refractivity contribution in [3.05, 3.63) is 243 Å². The summed E-state index contributed by atoms with van der Waals surface area (Å²) in [5.74, 6) is 0. The first-order valence-electron chi connectivity index (χ1n) is 19.4. The third-order valence-electron chi connectivity index (χ3n) is 10.8. The van der Waals surface area contributed by atoms with E-state index in [1.54, 1.807) is 6.08 Å². The summed E-state index contributed by atoms with van der Waals surface area (Å²) in [6.45, 7) is 7.88. The molecule has 1 nitrogen and oxygen atoms in total. The molecule has 1 heteroatoms. The Kier molecular flexibility index (Phi) is 9.71. The molecule has 0 aliphatic rings. The van der Waals surface area contributed by atoms with E-state index in [9.17, 15) is 0 Å². The molecule has 0 saturated heterocycles. The second kappa shape index (κ2) is 15.7. The van der Waals surface area contributed by atoms with Crippen LogP contribution in [0.25, 0.3) is 71.6 Å². The second-order valence-corrected chi connectivity index (χ2v) is 14.3. The summed E-state index contributed by atoms with van der Waals surface area (Å²) < 4.78 is 0. The molecule has 0 saturated carbocycles. The normalized spacial score (nSPS) is 11.4. The van der Waals surface area contributed by atoms with Crippen molar-refractivity contribution < 1.29 is 0 Å². The first kappa shape index (κ1) is 35.2. The Morgan fingerprint density at radius 2 is 0.825 bits per heavy atom. The molecule has 0 fully saturated rings. The average molecular weight is 728 g/mol. The smallest absolute Gasteiger partial charge is 0.0462 e. The predicted molar refractivity (Wildman–Crippen MR) is 246 cm³/mol. The van der Waals surface area contributed by atoms with Gasteiger partial charge in [0.1, 0.15) is 0 Å². The lowest BCUT2D eigenvalue weighted by Crippen LogP contribution is -2.09. The molecule has 0 spiro atoms. The Hall–Kier alpha value is -7.48. The maximum absolute atomic E-state index is 4.00. The van der Waals surface area contributed by atoms with Crippen LogP contribution in [0.1, 0.15) is 5.56 Å². The molecule has 0 aromatic heterocycles. The van der Waals surface area contributed by atoms with E-state index < -0.39 is 0 Å². The molecule has 0 aliphatic carbocycles. The lowest BCUT2D eigenvalue weighted by molar-refractivity contribution is 1.28. The quantitative estimate of drug-likeness (QED) is 0.100. The zero-order chi connectivity index (χ0) is 38.6. The number of hydrogen-bond donors (Lipinski definition) is 0. The van der Waals surface area contributed by atoms with Gasteiger partial charge in [-0.25, -0.2) is 0 Å². The van der Waals surface area contributed by atoms with Crippen molar-refractivity contribution in [1.29, 1.82) is 0 Å². The second-order valence-electron chi connectivity index (χ2n) is 14.3. The van der Waals surface area contributed by atoms with E-state index in [2.05, 4.69) is 224 Å². The van der Waals surface area contributed by atoms with Crippen molar-refractivity contribution in [1.82, 2.24) is 0 Å². The van der Waals surface area contributed by atoms with Gasteiger partial charge in [0.2, 0.25) is 0 Å². The molecular formula is C56H41N. The Bertz CT molecular complexity index is 2870. The van der Waals surface area contributed by atoms with Crippen LogP contribution < -0.4 is 4.90 Å². The molecular weight excluding hydrogens is 687 g/mol. The third kappa shape index (κ3) is 7.11. The van der Waals surface area contributed by atoms with Crippen LogP contribution in [-0.2, 0) is 0 Å². The minimum atomic E-state index is 1.04. The maximum atomic E-state index is 4.00. The standard InChI is InChI=1S/C56H41N/c1-3-13-40(4-2)42-24-31-50(32-25-42)57(51-33-26-44(27-34-51)41-14-7-5-8-15-41)52-35-28-45(29-36-52)43-20-22-46(23-21-43)48-30-37-54-53-19-12-11-18-49(53)39-55(56(54)38-48)47-16-9-6-10-17-47/h3-39H,1-2H2/b40-13+. The first-order valence-corrected chi connectivity index (χ1v) is 19.4. The Morgan fingerprint density at radius 3 is 1.39 bits per heavy atom. The molecule has 0 bridgehead atoms. The van der Waals surface area contributed by atoms with Crippen LogP contribution in [0.4, 0.5) is 17.1 Å². The summed E-state index contributed by atoms with van der Waals surface area (Å²) in [5, 5.41) is 5.07. The maximum Gasteiger partial charge on any atom is 0.0462 e. The molecule has 9 aromatic rings. The highest BCUT2D eigenvalue weighted by Gasteiger charge is 2.15. The molecule has 9 aromatic carbocycles. The van der Waals surface area contributed by atoms with Gasteiger partial charge >= 0.3 is 0 Å². The van der Waals surface area contributed by atoms with Gasteiger partial charge in [-0.15, -0.1) is 0 Å². The van der Waals surface area contributed by atoms with Crippen LogP contribution in [0.2, 0.25) is 0 Å². The Balaban J connectivity index is 1.04. The molecule has 0 aliphatic heterocycles. The van der Waals surface area contributed by atoms with Gasteiger partial charge < -0.3 is 4.90 Å². The summed E-state index contributed by atoms with van der Waals surface area (Å²) in [6, 6.07) is 74.4. The minimum absolute atomic E-state index is 1.04. The van der Waals surface area contributed by atoms with E-state index in [4.69, 9.17) is 0 Å². The number of hydrogen-bond acceptors (Lipinski definition) is 1. The predicted octanol–water partition coefficient (Wildman–Crippen LogP) is 15.9. The molecule has 57 heavy (non-hydrogen) atoms. The summed E-state index contributed by atoms with van der Waals surface area (Å²) in [5.41, 5.74) is 15.0. The summed E-state index contributed by atoms with van der Waals surface area (Å²) in [7, 11) is 0. The fourth-order valence-corrected chi connectivity index (χ4v) is 7.89. The van der Waals surface area contributed by atoms with Gasteiger partial charge in [0.15, 0.2) is 0 Å². The van der Waals surface area contributed by atoms with Crippen molar-refractivity contribution in [2.45, 2.75) is 0 Å². The van der Waals surface area contributed by atoms with Crippen molar-refractivity contribution in [2.24, 2.45) is 0 Å². The van der Waals surface area contributed by atoms with Crippen LogP contribution in [0.5, 0.6) is 0 Å². The molecule has 270 valence electrons. The van der Waals surface area contributed by atoms with Crippen LogP contribution in [-0.4, -0.2) is 0 Å². The van der Waals surface area contributed by atoms with E-state index >= 15 is 0 Å². The molecule has 0 radical (unpaired) electrons. The fourth-order valence-electron chi connectivity index (χ4n) is 7.89. The SMILES string of the molecule is C=C/C=C(\C=C)c1ccc(N(c2ccc(-c3ccccc3)cc2)c2ccc(-c3ccc(-c4ccc5c(c4)c(-c4ccccc4)cc4ccccc45)cc3)cc2)cc1. The number of rotatable bonds is 10. The van der Waals surface area contributed by atoms with Gasteiger partial charge in [0.05, 0.1) is 0 Å². The lowest BCUT2D eigenvalue weighted by atomic mass is 9.91. The van der Waals surface area contributed by atoms with Crippen LogP contribution in [0, 0.1) is 0 Å². The average Bonchev–Trinajstić information content (AvgIpc) is 3.29. The molecule has 0 amide bonds. The monoisotopic (exact) mass is 727 g/mol. The number of anilines is 3. The molecule has 9 rings (SSSR count). The highest BCUT2D eigenvalue weighted by Crippen LogP contribution is 2.39. The van der Waals surface area contributed by atoms with E-state index in [-0.39, 0.29) is 0 Å². The van der Waals surface area contributed by atoms with E-state index in [1.165, 1.54) is 66.1 Å². The summed E-state index contributed by atoms with van der Waals surface area (Å²) in [6.07, 6.45) is 5.65. The molecule has 0 atom stereocenters. The van der Waals surface area contributed by atoms with Gasteiger partial charge in [-0.3, -0.25) is 0 Å². The van der Waals surface area contributed by atoms with Gasteiger partial charge in [-0.05, 0) is 126 Å². The van der Waals surface area contributed by atoms with Gasteiger partial charge in [0, 0.05) is 17.1 Å². The molecule has 0 heterocycles. The topological polar surface area (TPSA) is 3.24 Å². The number of nitrogens with zero attached hydrogens (tertiary/aromatic N) is 1. The highest BCUT2D eigenvalue weighted by atomic mass is 15.1. The zero-order valence-corrected chi connectivity index (χ0v) is 31.7. The van der Waals surface area contributed by atoms with Crippen LogP contribution >= 0.6 is 0 Å². The van der Waals surface area contributed by atoms with Crippen molar-refractivity contribution in [3.8, 4) is 44.5 Å². The number of fused-ring (bicyclic) bond motifs is 3. The number of allylic oxidation sites excluding steroid dienone is 4. The largest absolute Gasteiger partial charge is 0.311 e. The van der Waals surface area contributed by atoms with Gasteiger partial charge in [-0.1, -0.05) is 189 Å². The number of benzene rings is 9. The fraction of sp³-hybridized carbons (Fsp3) is 0. The van der Waals surface area contributed by atoms with Crippen molar-refractivity contribution >= 4 is 44.2 Å². The summed E-state index contributed by atoms with van der Waals surface area (Å²) in [4.78, 5) is 2.31. The first-order chi connectivity index (χ1) is 28.2. The van der Waals surface area contributed by atoms with E-state index in [0.29, 0.717) is 0 Å². The van der Waals surface area contributed by atoms with Crippen LogP contribution in [0.15, 0.2) is 238 Å². The summed E-state index contributed by atoms with van der Waals surface area (Å²) >= 11 is 0. The van der Waals surface area contributed by atoms with Crippen LogP contribution in [0.3, 0.4) is 0 Å². The van der Waals surface area contributed by atoms with E-state index in [0.717, 1.165) is 28.2 Å². The van der Waals surface area contributed by atoms with Gasteiger partial charge in [-0.2, -0.15) is 0 Å². The Labute approximate surface area is 335 Å². The van der Waals surface area contributed by atoms with Crippen molar-refractivity contribution in [3.63, 3.8) is 0 Å². The lowest BCUT2D eigenvalue weighted by Gasteiger charge is -2.26.